The van der Waals surface area contributed by atoms with Crippen molar-refractivity contribution in [1.82, 2.24) is 5.32 Å². The molecule has 2 aromatic rings. The SMILES string of the molecule is CC(=O)Oc1ccc([C@@H]2C(C(=O)OC(C)C)=C(C)NC3=C2C(=O)C[C@H](c2cccs2)C3)cc1. The van der Waals surface area contributed by atoms with Gasteiger partial charge in [-0.15, -0.1) is 11.3 Å². The second-order valence-corrected chi connectivity index (χ2v) is 9.63. The molecule has 6 nitrogen and oxygen atoms in total. The van der Waals surface area contributed by atoms with Crippen molar-refractivity contribution >= 4 is 29.1 Å². The van der Waals surface area contributed by atoms with Crippen LogP contribution in [0.4, 0.5) is 0 Å². The third-order valence-corrected chi connectivity index (χ3v) is 6.85. The van der Waals surface area contributed by atoms with Crippen molar-refractivity contribution in [3.63, 3.8) is 0 Å². The zero-order valence-corrected chi connectivity index (χ0v) is 20.0. The second kappa shape index (κ2) is 9.35. The number of ether oxygens (including phenoxy) is 2. The lowest BCUT2D eigenvalue weighted by Gasteiger charge is -2.36. The predicted octanol–water partition coefficient (Wildman–Crippen LogP) is 4.99. The number of hydrogen-bond acceptors (Lipinski definition) is 7. The molecule has 0 saturated carbocycles. The van der Waals surface area contributed by atoms with E-state index in [9.17, 15) is 14.4 Å². The summed E-state index contributed by atoms with van der Waals surface area (Å²) in [6, 6.07) is 11.0. The van der Waals surface area contributed by atoms with E-state index in [1.165, 1.54) is 11.8 Å². The summed E-state index contributed by atoms with van der Waals surface area (Å²) in [5.74, 6) is -0.839. The molecular formula is C26H27NO5S. The zero-order valence-electron chi connectivity index (χ0n) is 19.1. The fourth-order valence-corrected chi connectivity index (χ4v) is 5.37. The van der Waals surface area contributed by atoms with Crippen molar-refractivity contribution in [3.8, 4) is 5.75 Å². The van der Waals surface area contributed by atoms with Crippen LogP contribution in [-0.2, 0) is 19.1 Å². The maximum atomic E-state index is 13.5. The van der Waals surface area contributed by atoms with Crippen LogP contribution in [0.5, 0.6) is 5.75 Å². The number of esters is 2. The molecule has 0 amide bonds. The predicted molar refractivity (Wildman–Crippen MR) is 126 cm³/mol. The molecule has 0 unspecified atom stereocenters. The molecule has 2 atom stereocenters. The first kappa shape index (κ1) is 23.0. The Morgan fingerprint density at radius 3 is 2.45 bits per heavy atom. The van der Waals surface area contributed by atoms with Crippen molar-refractivity contribution in [1.29, 1.82) is 0 Å². The number of hydrogen-bond donors (Lipinski definition) is 1. The summed E-state index contributed by atoms with van der Waals surface area (Å²) in [4.78, 5) is 39.1. The number of carbonyl (C=O) groups excluding carboxylic acids is 3. The Kier molecular flexibility index (Phi) is 6.51. The largest absolute Gasteiger partial charge is 0.460 e. The Morgan fingerprint density at radius 2 is 1.85 bits per heavy atom. The number of nitrogens with one attached hydrogen (secondary N) is 1. The quantitative estimate of drug-likeness (QED) is 0.495. The van der Waals surface area contributed by atoms with E-state index >= 15 is 0 Å². The number of rotatable bonds is 5. The van der Waals surface area contributed by atoms with Crippen LogP contribution in [0.3, 0.4) is 0 Å². The Labute approximate surface area is 197 Å². The molecule has 33 heavy (non-hydrogen) atoms. The molecule has 4 rings (SSSR count). The van der Waals surface area contributed by atoms with Crippen LogP contribution in [0.15, 0.2) is 64.3 Å². The molecule has 1 aliphatic heterocycles. The molecule has 1 aromatic carbocycles. The van der Waals surface area contributed by atoms with Gasteiger partial charge in [-0.2, -0.15) is 0 Å². The summed E-state index contributed by atoms with van der Waals surface area (Å²) >= 11 is 1.66. The first-order valence-electron chi connectivity index (χ1n) is 11.0. The van der Waals surface area contributed by atoms with Crippen LogP contribution in [0.2, 0.25) is 0 Å². The molecule has 0 saturated heterocycles. The van der Waals surface area contributed by atoms with Gasteiger partial charge in [0.1, 0.15) is 5.75 Å². The average molecular weight is 466 g/mol. The molecule has 0 radical (unpaired) electrons. The van der Waals surface area contributed by atoms with Crippen molar-refractivity contribution in [3.05, 3.63) is 74.8 Å². The maximum Gasteiger partial charge on any atom is 0.337 e. The van der Waals surface area contributed by atoms with Crippen molar-refractivity contribution in [2.24, 2.45) is 0 Å². The lowest BCUT2D eigenvalue weighted by atomic mass is 9.72. The van der Waals surface area contributed by atoms with Crippen LogP contribution >= 0.6 is 11.3 Å². The van der Waals surface area contributed by atoms with Crippen LogP contribution < -0.4 is 10.1 Å². The minimum atomic E-state index is -0.546. The molecule has 0 spiro atoms. The number of thiophene rings is 1. The van der Waals surface area contributed by atoms with Crippen LogP contribution in [-0.4, -0.2) is 23.8 Å². The van der Waals surface area contributed by atoms with Gasteiger partial charge < -0.3 is 14.8 Å². The van der Waals surface area contributed by atoms with Gasteiger partial charge >= 0.3 is 11.9 Å². The van der Waals surface area contributed by atoms with E-state index in [0.29, 0.717) is 35.4 Å². The summed E-state index contributed by atoms with van der Waals surface area (Å²) in [6.45, 7) is 6.79. The molecule has 2 heterocycles. The van der Waals surface area contributed by atoms with Crippen LogP contribution in [0, 0.1) is 0 Å². The lowest BCUT2D eigenvalue weighted by molar-refractivity contribution is -0.143. The van der Waals surface area contributed by atoms with Gasteiger partial charge in [-0.25, -0.2) is 4.79 Å². The molecule has 0 fully saturated rings. The van der Waals surface area contributed by atoms with Gasteiger partial charge in [0.15, 0.2) is 5.78 Å². The third-order valence-electron chi connectivity index (χ3n) is 5.81. The molecule has 1 aromatic heterocycles. The molecule has 2 aliphatic rings. The highest BCUT2D eigenvalue weighted by Gasteiger charge is 2.41. The molecule has 7 heteroatoms. The van der Waals surface area contributed by atoms with E-state index in [1.807, 2.05) is 18.4 Å². The topological polar surface area (TPSA) is 81.7 Å². The van der Waals surface area contributed by atoms with E-state index in [0.717, 1.165) is 11.3 Å². The van der Waals surface area contributed by atoms with Gasteiger partial charge in [0.05, 0.1) is 11.7 Å². The second-order valence-electron chi connectivity index (χ2n) is 8.65. The molecular weight excluding hydrogens is 438 g/mol. The van der Waals surface area contributed by atoms with E-state index in [4.69, 9.17) is 9.47 Å². The summed E-state index contributed by atoms with van der Waals surface area (Å²) < 4.78 is 10.7. The standard InChI is InChI=1S/C26H27NO5S/c1-14(2)31-26(30)23-15(3)27-20-12-18(22-6-5-11-33-22)13-21(29)25(20)24(23)17-7-9-19(10-8-17)32-16(4)28/h5-11,14,18,24,27H,12-13H2,1-4H3/t18-,24-/m1/s1. The van der Waals surface area contributed by atoms with Gasteiger partial charge in [-0.05, 0) is 56.3 Å². The van der Waals surface area contributed by atoms with Crippen molar-refractivity contribution in [2.75, 3.05) is 0 Å². The fraction of sp³-hybridized carbons (Fsp3) is 0.346. The Hall–Kier alpha value is -3.19. The molecule has 0 bridgehead atoms. The molecule has 1 aliphatic carbocycles. The highest BCUT2D eigenvalue weighted by molar-refractivity contribution is 7.10. The van der Waals surface area contributed by atoms with Crippen LogP contribution in [0.25, 0.3) is 0 Å². The maximum absolute atomic E-state index is 13.5. The van der Waals surface area contributed by atoms with Gasteiger partial charge in [0, 0.05) is 47.0 Å². The Morgan fingerprint density at radius 1 is 1.12 bits per heavy atom. The minimum absolute atomic E-state index is 0.0264. The first-order valence-corrected chi connectivity index (χ1v) is 11.9. The van der Waals surface area contributed by atoms with E-state index in [2.05, 4.69) is 11.4 Å². The van der Waals surface area contributed by atoms with E-state index < -0.39 is 17.9 Å². The number of ketones is 1. The Balaban J connectivity index is 1.77. The van der Waals surface area contributed by atoms with E-state index in [-0.39, 0.29) is 17.8 Å². The third kappa shape index (κ3) is 4.78. The first-order chi connectivity index (χ1) is 15.7. The zero-order chi connectivity index (χ0) is 23.7. The normalized spacial score (nSPS) is 20.5. The molecule has 1 N–H and O–H groups in total. The van der Waals surface area contributed by atoms with Gasteiger partial charge in [0.25, 0.3) is 0 Å². The minimum Gasteiger partial charge on any atom is -0.460 e. The summed E-state index contributed by atoms with van der Waals surface area (Å²) in [5, 5.41) is 5.38. The highest BCUT2D eigenvalue weighted by atomic mass is 32.1. The number of benzene rings is 1. The van der Waals surface area contributed by atoms with Gasteiger partial charge in [-0.3, -0.25) is 9.59 Å². The summed E-state index contributed by atoms with van der Waals surface area (Å²) in [6.07, 6.45) is 0.813. The Bertz CT molecular complexity index is 1140. The number of dihydropyridines is 1. The summed E-state index contributed by atoms with van der Waals surface area (Å²) in [7, 11) is 0. The smallest absolute Gasteiger partial charge is 0.337 e. The number of allylic oxidation sites excluding steroid dienone is 3. The molecule has 172 valence electrons. The number of carbonyl (C=O) groups is 3. The van der Waals surface area contributed by atoms with Gasteiger partial charge in [0.2, 0.25) is 0 Å². The van der Waals surface area contributed by atoms with Crippen molar-refractivity contribution < 1.29 is 23.9 Å². The van der Waals surface area contributed by atoms with Crippen molar-refractivity contribution in [2.45, 2.75) is 58.5 Å². The lowest BCUT2D eigenvalue weighted by Crippen LogP contribution is -2.36. The van der Waals surface area contributed by atoms with E-state index in [1.54, 1.807) is 49.4 Å². The van der Waals surface area contributed by atoms with Gasteiger partial charge in [-0.1, -0.05) is 18.2 Å². The summed E-state index contributed by atoms with van der Waals surface area (Å²) in [5.41, 5.74) is 3.37. The van der Waals surface area contributed by atoms with Crippen LogP contribution in [0.1, 0.15) is 62.8 Å². The average Bonchev–Trinajstić information content (AvgIpc) is 3.27. The number of Topliss-reactive ketones (excluding diaryl/α,β-unsaturated/α-hetero) is 1. The fourth-order valence-electron chi connectivity index (χ4n) is 4.54. The highest BCUT2D eigenvalue weighted by Crippen LogP contribution is 2.46. The monoisotopic (exact) mass is 465 g/mol.